The molecule has 0 fully saturated rings. The summed E-state index contributed by atoms with van der Waals surface area (Å²) in [5, 5.41) is 9.14. The van der Waals surface area contributed by atoms with Crippen molar-refractivity contribution in [2.45, 2.75) is 20.3 Å². The largest absolute Gasteiger partial charge is 0.370 e. The van der Waals surface area contributed by atoms with Gasteiger partial charge in [0.1, 0.15) is 0 Å². The van der Waals surface area contributed by atoms with Crippen LogP contribution in [0.3, 0.4) is 0 Å². The van der Waals surface area contributed by atoms with Gasteiger partial charge >= 0.3 is 0 Å². The second-order valence-corrected chi connectivity index (χ2v) is 4.12. The van der Waals surface area contributed by atoms with Gasteiger partial charge in [-0.1, -0.05) is 11.6 Å². The zero-order valence-corrected chi connectivity index (χ0v) is 10.8. The first-order valence-corrected chi connectivity index (χ1v) is 5.90. The number of hydrogen-bond acceptors (Lipinski definition) is 3. The van der Waals surface area contributed by atoms with Crippen LogP contribution in [0, 0.1) is 11.3 Å². The highest BCUT2D eigenvalue weighted by Crippen LogP contribution is 2.27. The lowest BCUT2D eigenvalue weighted by molar-refractivity contribution is 0.101. The number of halogens is 1. The second-order valence-electron chi connectivity index (χ2n) is 3.71. The molecule has 1 aromatic rings. The molecule has 0 N–H and O–H groups in total. The van der Waals surface area contributed by atoms with Crippen LogP contribution in [0.25, 0.3) is 0 Å². The summed E-state index contributed by atoms with van der Waals surface area (Å²) in [5.74, 6) is -0.00137. The minimum absolute atomic E-state index is 0.00137. The molecule has 0 saturated carbocycles. The van der Waals surface area contributed by atoms with Crippen LogP contribution in [0.2, 0.25) is 5.02 Å². The summed E-state index contributed by atoms with van der Waals surface area (Å²) in [6.07, 6.45) is 0.457. The Morgan fingerprint density at radius 3 is 2.71 bits per heavy atom. The molecule has 3 nitrogen and oxygen atoms in total. The molecular formula is C13H15ClN2O. The molecule has 0 amide bonds. The number of Topliss-reactive ketones (excluding diaryl/α,β-unsaturated/α-hetero) is 1. The van der Waals surface area contributed by atoms with Gasteiger partial charge < -0.3 is 4.90 Å². The van der Waals surface area contributed by atoms with Crippen molar-refractivity contribution in [2.24, 2.45) is 0 Å². The Labute approximate surface area is 107 Å². The SMILES string of the molecule is CCN(CCC#N)c1ccc(C(C)=O)cc1Cl. The normalized spacial score (nSPS) is 9.76. The summed E-state index contributed by atoms with van der Waals surface area (Å²) in [5.41, 5.74) is 1.48. The Morgan fingerprint density at radius 1 is 1.53 bits per heavy atom. The van der Waals surface area contributed by atoms with Crippen molar-refractivity contribution >= 4 is 23.1 Å². The first-order valence-electron chi connectivity index (χ1n) is 5.52. The third kappa shape index (κ3) is 3.47. The lowest BCUT2D eigenvalue weighted by Crippen LogP contribution is -2.24. The van der Waals surface area contributed by atoms with Gasteiger partial charge in [0.2, 0.25) is 0 Å². The van der Waals surface area contributed by atoms with Gasteiger partial charge in [-0.05, 0) is 32.0 Å². The molecule has 0 radical (unpaired) electrons. The summed E-state index contributed by atoms with van der Waals surface area (Å²) < 4.78 is 0. The van der Waals surface area contributed by atoms with Gasteiger partial charge in [0, 0.05) is 18.7 Å². The van der Waals surface area contributed by atoms with E-state index in [1.807, 2.05) is 17.9 Å². The second kappa shape index (κ2) is 6.27. The van der Waals surface area contributed by atoms with Crippen molar-refractivity contribution in [3.63, 3.8) is 0 Å². The van der Waals surface area contributed by atoms with Crippen molar-refractivity contribution in [1.29, 1.82) is 5.26 Å². The fourth-order valence-corrected chi connectivity index (χ4v) is 1.92. The van der Waals surface area contributed by atoms with Gasteiger partial charge in [0.15, 0.2) is 5.78 Å². The Hall–Kier alpha value is -1.53. The number of anilines is 1. The molecule has 0 saturated heterocycles. The first kappa shape index (κ1) is 13.5. The van der Waals surface area contributed by atoms with Crippen LogP contribution in [0.4, 0.5) is 5.69 Å². The molecule has 0 heterocycles. The maximum absolute atomic E-state index is 11.2. The zero-order chi connectivity index (χ0) is 12.8. The minimum atomic E-state index is -0.00137. The highest BCUT2D eigenvalue weighted by atomic mass is 35.5. The van der Waals surface area contributed by atoms with E-state index < -0.39 is 0 Å². The number of nitrogens with zero attached hydrogens (tertiary/aromatic N) is 2. The Bertz CT molecular complexity index is 451. The van der Waals surface area contributed by atoms with Crippen molar-refractivity contribution < 1.29 is 4.79 Å². The molecule has 1 aromatic carbocycles. The van der Waals surface area contributed by atoms with Gasteiger partial charge in [-0.3, -0.25) is 4.79 Å². The molecule has 0 spiro atoms. The molecule has 90 valence electrons. The molecule has 0 aromatic heterocycles. The van der Waals surface area contributed by atoms with Crippen LogP contribution < -0.4 is 4.90 Å². The fourth-order valence-electron chi connectivity index (χ4n) is 1.62. The Balaban J connectivity index is 2.97. The number of carbonyl (C=O) groups excluding carboxylic acids is 1. The van der Waals surface area contributed by atoms with E-state index in [0.717, 1.165) is 12.2 Å². The van der Waals surface area contributed by atoms with E-state index in [9.17, 15) is 4.79 Å². The minimum Gasteiger partial charge on any atom is -0.370 e. The molecule has 4 heteroatoms. The number of benzene rings is 1. The average Bonchev–Trinajstić information content (AvgIpc) is 2.31. The van der Waals surface area contributed by atoms with E-state index in [2.05, 4.69) is 6.07 Å². The van der Waals surface area contributed by atoms with Crippen LogP contribution in [-0.4, -0.2) is 18.9 Å². The van der Waals surface area contributed by atoms with Gasteiger partial charge in [-0.2, -0.15) is 5.26 Å². The third-order valence-corrected chi connectivity index (χ3v) is 2.87. The van der Waals surface area contributed by atoms with Gasteiger partial charge in [-0.25, -0.2) is 0 Å². The summed E-state index contributed by atoms with van der Waals surface area (Å²) in [4.78, 5) is 13.2. The number of hydrogen-bond donors (Lipinski definition) is 0. The van der Waals surface area contributed by atoms with Gasteiger partial charge in [0.05, 0.1) is 23.2 Å². The molecule has 0 aliphatic rings. The number of nitriles is 1. The number of carbonyl (C=O) groups is 1. The molecule has 0 aliphatic heterocycles. The van der Waals surface area contributed by atoms with Crippen LogP contribution in [0.5, 0.6) is 0 Å². The van der Waals surface area contributed by atoms with Crippen molar-refractivity contribution in [3.05, 3.63) is 28.8 Å². The maximum atomic E-state index is 11.2. The summed E-state index contributed by atoms with van der Waals surface area (Å²) >= 11 is 6.15. The Kier molecular flexibility index (Phi) is 4.99. The van der Waals surface area contributed by atoms with E-state index in [0.29, 0.717) is 23.6 Å². The summed E-state index contributed by atoms with van der Waals surface area (Å²) in [7, 11) is 0. The summed E-state index contributed by atoms with van der Waals surface area (Å²) in [6, 6.07) is 7.38. The maximum Gasteiger partial charge on any atom is 0.159 e. The van der Waals surface area contributed by atoms with Crippen LogP contribution >= 0.6 is 11.6 Å². The smallest absolute Gasteiger partial charge is 0.159 e. The molecule has 0 unspecified atom stereocenters. The molecule has 0 aliphatic carbocycles. The molecular weight excluding hydrogens is 236 g/mol. The van der Waals surface area contributed by atoms with Crippen LogP contribution in [-0.2, 0) is 0 Å². The standard InChI is InChI=1S/C13H15ClN2O/c1-3-16(8-4-7-15)13-6-5-11(10(2)17)9-12(13)14/h5-6,9H,3-4,8H2,1-2H3. The molecule has 17 heavy (non-hydrogen) atoms. The lowest BCUT2D eigenvalue weighted by Gasteiger charge is -2.23. The highest BCUT2D eigenvalue weighted by Gasteiger charge is 2.10. The van der Waals surface area contributed by atoms with Crippen molar-refractivity contribution in [1.82, 2.24) is 0 Å². The van der Waals surface area contributed by atoms with E-state index >= 15 is 0 Å². The first-order chi connectivity index (χ1) is 8.10. The number of ketones is 1. The average molecular weight is 251 g/mol. The van der Waals surface area contributed by atoms with Crippen molar-refractivity contribution in [3.8, 4) is 6.07 Å². The van der Waals surface area contributed by atoms with Gasteiger partial charge in [-0.15, -0.1) is 0 Å². The van der Waals surface area contributed by atoms with Gasteiger partial charge in [0.25, 0.3) is 0 Å². The van der Waals surface area contributed by atoms with Crippen LogP contribution in [0.1, 0.15) is 30.6 Å². The molecule has 0 atom stereocenters. The van der Waals surface area contributed by atoms with E-state index in [1.165, 1.54) is 6.92 Å². The fraction of sp³-hybridized carbons (Fsp3) is 0.385. The predicted molar refractivity (Wildman–Crippen MR) is 69.6 cm³/mol. The molecule has 0 bridgehead atoms. The Morgan fingerprint density at radius 2 is 2.24 bits per heavy atom. The quantitative estimate of drug-likeness (QED) is 0.754. The lowest BCUT2D eigenvalue weighted by atomic mass is 10.1. The van der Waals surface area contributed by atoms with Crippen molar-refractivity contribution in [2.75, 3.05) is 18.0 Å². The number of rotatable bonds is 5. The van der Waals surface area contributed by atoms with E-state index in [-0.39, 0.29) is 5.78 Å². The molecule has 1 rings (SSSR count). The van der Waals surface area contributed by atoms with Crippen LogP contribution in [0.15, 0.2) is 18.2 Å². The van der Waals surface area contributed by atoms with E-state index in [1.54, 1.807) is 12.1 Å². The third-order valence-electron chi connectivity index (χ3n) is 2.57. The topological polar surface area (TPSA) is 44.1 Å². The predicted octanol–water partition coefficient (Wildman–Crippen LogP) is 3.28. The monoisotopic (exact) mass is 250 g/mol. The zero-order valence-electron chi connectivity index (χ0n) is 10.0. The van der Waals surface area contributed by atoms with E-state index in [4.69, 9.17) is 16.9 Å². The summed E-state index contributed by atoms with van der Waals surface area (Å²) in [6.45, 7) is 4.94. The highest BCUT2D eigenvalue weighted by molar-refractivity contribution is 6.33.